The molecule has 0 unspecified atom stereocenters. The van der Waals surface area contributed by atoms with Gasteiger partial charge in [0.15, 0.2) is 0 Å². The highest BCUT2D eigenvalue weighted by molar-refractivity contribution is 5.71. The molecule has 4 aromatic rings. The Morgan fingerprint density at radius 3 is 2.50 bits per heavy atom. The number of hydrogen-bond acceptors (Lipinski definition) is 4. The fourth-order valence-electron chi connectivity index (χ4n) is 2.62. The van der Waals surface area contributed by atoms with Gasteiger partial charge in [0, 0.05) is 17.6 Å². The van der Waals surface area contributed by atoms with Crippen molar-refractivity contribution in [2.45, 2.75) is 0 Å². The van der Waals surface area contributed by atoms with Gasteiger partial charge in [0.25, 0.3) is 0 Å². The number of benzene rings is 2. The van der Waals surface area contributed by atoms with Gasteiger partial charge in [-0.15, -0.1) is 5.10 Å². The van der Waals surface area contributed by atoms with Gasteiger partial charge in [-0.1, -0.05) is 35.6 Å². The fourth-order valence-corrected chi connectivity index (χ4v) is 2.62. The lowest BCUT2D eigenvalue weighted by atomic mass is 10.1. The van der Waals surface area contributed by atoms with Crippen LogP contribution in [0.1, 0.15) is 11.3 Å². The first-order chi connectivity index (χ1) is 12.9. The van der Waals surface area contributed by atoms with Gasteiger partial charge >= 0.3 is 0 Å². The first-order valence-corrected chi connectivity index (χ1v) is 8.30. The molecule has 0 aliphatic rings. The minimum absolute atomic E-state index is 0.936. The van der Waals surface area contributed by atoms with E-state index in [1.807, 2.05) is 66.9 Å². The predicted molar refractivity (Wildman–Crippen MR) is 104 cm³/mol. The largest absolute Gasteiger partial charge is 0.355 e. The van der Waals surface area contributed by atoms with Crippen LogP contribution in [0.15, 0.2) is 85.3 Å². The van der Waals surface area contributed by atoms with Crippen LogP contribution in [-0.2, 0) is 0 Å². The molecule has 0 saturated carbocycles. The first-order valence-electron chi connectivity index (χ1n) is 8.30. The molecule has 2 aromatic carbocycles. The highest BCUT2D eigenvalue weighted by Gasteiger charge is 2.00. The molecule has 0 bridgehead atoms. The Hall–Kier alpha value is -3.73. The second-order valence-corrected chi connectivity index (χ2v) is 5.74. The van der Waals surface area contributed by atoms with E-state index in [9.17, 15) is 0 Å². The molecule has 1 N–H and O–H groups in total. The van der Waals surface area contributed by atoms with Crippen LogP contribution in [0.3, 0.4) is 0 Å². The maximum atomic E-state index is 4.30. The Bertz CT molecular complexity index is 1010. The minimum Gasteiger partial charge on any atom is -0.355 e. The lowest BCUT2D eigenvalue weighted by Crippen LogP contribution is -1.97. The van der Waals surface area contributed by atoms with Gasteiger partial charge in [0.1, 0.15) is 0 Å². The van der Waals surface area contributed by atoms with E-state index in [4.69, 9.17) is 0 Å². The maximum Gasteiger partial charge on any atom is 0.0697 e. The normalized spacial score (nSPS) is 10.9. The molecule has 5 heteroatoms. The zero-order valence-corrected chi connectivity index (χ0v) is 14.0. The lowest BCUT2D eigenvalue weighted by molar-refractivity contribution is 0.803. The minimum atomic E-state index is 0.936. The zero-order valence-electron chi connectivity index (χ0n) is 14.0. The van der Waals surface area contributed by atoms with Crippen molar-refractivity contribution in [3.8, 4) is 5.69 Å². The molecule has 5 nitrogen and oxygen atoms in total. The van der Waals surface area contributed by atoms with Gasteiger partial charge in [-0.25, -0.2) is 4.68 Å². The molecule has 0 fully saturated rings. The van der Waals surface area contributed by atoms with Gasteiger partial charge in [-0.2, -0.15) is 0 Å². The van der Waals surface area contributed by atoms with Crippen LogP contribution in [-0.4, -0.2) is 20.0 Å². The van der Waals surface area contributed by atoms with Crippen molar-refractivity contribution in [1.82, 2.24) is 20.0 Å². The number of rotatable bonds is 5. The van der Waals surface area contributed by atoms with Crippen LogP contribution in [0.2, 0.25) is 0 Å². The van der Waals surface area contributed by atoms with Gasteiger partial charge in [-0.3, -0.25) is 4.98 Å². The molecular weight excluding hydrogens is 322 g/mol. The van der Waals surface area contributed by atoms with Crippen LogP contribution in [0, 0.1) is 0 Å². The third-order valence-corrected chi connectivity index (χ3v) is 3.84. The predicted octanol–water partition coefficient (Wildman–Crippen LogP) is 4.58. The van der Waals surface area contributed by atoms with E-state index in [1.54, 1.807) is 17.1 Å². The van der Waals surface area contributed by atoms with Crippen LogP contribution in [0.4, 0.5) is 11.4 Å². The zero-order chi connectivity index (χ0) is 17.6. The Morgan fingerprint density at radius 2 is 1.69 bits per heavy atom. The SMILES string of the molecule is C(=C\c1ccccn1)/c1cccc(Nc2cccc(-n3ccnn3)c2)c1. The summed E-state index contributed by atoms with van der Waals surface area (Å²) in [6, 6.07) is 22.1. The van der Waals surface area contributed by atoms with Crippen LogP contribution in [0.5, 0.6) is 0 Å². The molecule has 0 atom stereocenters. The second-order valence-electron chi connectivity index (χ2n) is 5.74. The molecule has 126 valence electrons. The Kier molecular flexibility index (Phi) is 4.52. The highest BCUT2D eigenvalue weighted by Crippen LogP contribution is 2.21. The fraction of sp³-hybridized carbons (Fsp3) is 0. The van der Waals surface area contributed by atoms with Crippen LogP contribution < -0.4 is 5.32 Å². The molecule has 0 aliphatic heterocycles. The molecule has 0 radical (unpaired) electrons. The number of aromatic nitrogens is 4. The molecule has 4 rings (SSSR count). The molecule has 2 aromatic heterocycles. The van der Waals surface area contributed by atoms with Crippen molar-refractivity contribution in [1.29, 1.82) is 0 Å². The van der Waals surface area contributed by atoms with E-state index in [-0.39, 0.29) is 0 Å². The van der Waals surface area contributed by atoms with E-state index in [1.165, 1.54) is 0 Å². The van der Waals surface area contributed by atoms with Gasteiger partial charge in [-0.05, 0) is 54.1 Å². The summed E-state index contributed by atoms with van der Waals surface area (Å²) in [5.74, 6) is 0. The van der Waals surface area contributed by atoms with Crippen molar-refractivity contribution in [3.05, 3.63) is 96.6 Å². The summed E-state index contributed by atoms with van der Waals surface area (Å²) < 4.78 is 1.73. The molecule has 0 aliphatic carbocycles. The molecule has 0 amide bonds. The Balaban J connectivity index is 1.52. The van der Waals surface area contributed by atoms with Crippen molar-refractivity contribution >= 4 is 23.5 Å². The Labute approximate surface area is 151 Å². The molecule has 26 heavy (non-hydrogen) atoms. The topological polar surface area (TPSA) is 55.6 Å². The number of hydrogen-bond donors (Lipinski definition) is 1. The van der Waals surface area contributed by atoms with E-state index in [2.05, 4.69) is 38.8 Å². The van der Waals surface area contributed by atoms with Gasteiger partial charge in [0.2, 0.25) is 0 Å². The summed E-state index contributed by atoms with van der Waals surface area (Å²) in [4.78, 5) is 4.30. The number of pyridine rings is 1. The third kappa shape index (κ3) is 3.84. The third-order valence-electron chi connectivity index (χ3n) is 3.84. The van der Waals surface area contributed by atoms with Crippen LogP contribution >= 0.6 is 0 Å². The Morgan fingerprint density at radius 1 is 0.808 bits per heavy atom. The monoisotopic (exact) mass is 339 g/mol. The quantitative estimate of drug-likeness (QED) is 0.578. The van der Waals surface area contributed by atoms with E-state index < -0.39 is 0 Å². The second kappa shape index (κ2) is 7.44. The molecule has 0 spiro atoms. The molecule has 2 heterocycles. The van der Waals surface area contributed by atoms with E-state index in [0.29, 0.717) is 0 Å². The average molecular weight is 339 g/mol. The summed E-state index contributed by atoms with van der Waals surface area (Å²) >= 11 is 0. The molecular formula is C21H17N5. The average Bonchev–Trinajstić information content (AvgIpc) is 3.23. The smallest absolute Gasteiger partial charge is 0.0697 e. The highest BCUT2D eigenvalue weighted by atomic mass is 15.4. The summed E-state index contributed by atoms with van der Waals surface area (Å²) in [7, 11) is 0. The standard InChI is InChI=1S/C21H17N5/c1-2-12-22-18(6-1)11-10-17-5-3-7-19(15-17)24-20-8-4-9-21(16-20)26-14-13-23-25-26/h1-16,24H/b11-10+. The maximum absolute atomic E-state index is 4.30. The van der Waals surface area contributed by atoms with Crippen molar-refractivity contribution in [2.75, 3.05) is 5.32 Å². The van der Waals surface area contributed by atoms with Crippen LogP contribution in [0.25, 0.3) is 17.8 Å². The number of anilines is 2. The van der Waals surface area contributed by atoms with Crippen molar-refractivity contribution < 1.29 is 0 Å². The van der Waals surface area contributed by atoms with Gasteiger partial charge < -0.3 is 5.32 Å². The van der Waals surface area contributed by atoms with Gasteiger partial charge in [0.05, 0.1) is 23.8 Å². The molecule has 0 saturated heterocycles. The van der Waals surface area contributed by atoms with Crippen molar-refractivity contribution in [3.63, 3.8) is 0 Å². The number of nitrogens with one attached hydrogen (secondary N) is 1. The summed E-state index contributed by atoms with van der Waals surface area (Å²) in [5.41, 5.74) is 5.01. The number of nitrogens with zero attached hydrogens (tertiary/aromatic N) is 4. The lowest BCUT2D eigenvalue weighted by Gasteiger charge is -2.09. The summed E-state index contributed by atoms with van der Waals surface area (Å²) in [6.07, 6.45) is 9.34. The van der Waals surface area contributed by atoms with Crippen molar-refractivity contribution in [2.24, 2.45) is 0 Å². The van der Waals surface area contributed by atoms with E-state index in [0.717, 1.165) is 28.3 Å². The van der Waals surface area contributed by atoms with E-state index >= 15 is 0 Å². The summed E-state index contributed by atoms with van der Waals surface area (Å²) in [5, 5.41) is 11.3. The first kappa shape index (κ1) is 15.8. The summed E-state index contributed by atoms with van der Waals surface area (Å²) in [6.45, 7) is 0.